The third-order valence-corrected chi connectivity index (χ3v) is 12.7. The van der Waals surface area contributed by atoms with E-state index < -0.39 is 170 Å². The molecule has 0 rings (SSSR count). The number of Topliss-reactive ketones (excluding diaryl/α,β-unsaturated/α-hetero) is 5. The molecule has 0 aliphatic carbocycles. The van der Waals surface area contributed by atoms with Crippen LogP contribution in [0.4, 0.5) is 0 Å². The molecule has 0 aromatic heterocycles. The van der Waals surface area contributed by atoms with Gasteiger partial charge in [-0.2, -0.15) is 0 Å². The van der Waals surface area contributed by atoms with Gasteiger partial charge in [-0.1, -0.05) is 20.3 Å². The summed E-state index contributed by atoms with van der Waals surface area (Å²) in [5.74, 6) is -14.7. The summed E-state index contributed by atoms with van der Waals surface area (Å²) in [5.41, 5.74) is 38.6. The van der Waals surface area contributed by atoms with Crippen LogP contribution in [-0.2, 0) is 52.7 Å². The number of carbonyl (C=O) groups is 11. The Morgan fingerprint density at radius 1 is 0.443 bits per heavy atom. The first-order valence-electron chi connectivity index (χ1n) is 26.3. The lowest BCUT2D eigenvalue weighted by Crippen LogP contribution is -2.49. The van der Waals surface area contributed by atoms with E-state index >= 15 is 0 Å². The minimum atomic E-state index is -1.60. The number of aliphatic imine (C=N–C) groups is 3. The molecule has 0 aromatic carbocycles. The monoisotopic (exact) mass is 1130 g/mol. The number of carbonyl (C=O) groups excluding carboxylic acids is 9. The van der Waals surface area contributed by atoms with Crippen LogP contribution < -0.4 is 66.7 Å². The Labute approximate surface area is 459 Å². The molecular formula is C49H87N15O15. The number of unbranched alkanes of at least 4 members (excludes halogenated alkanes) is 1. The van der Waals surface area contributed by atoms with E-state index in [1.54, 1.807) is 0 Å². The number of aliphatic hydroxyl groups excluding tert-OH is 2. The van der Waals surface area contributed by atoms with Gasteiger partial charge >= 0.3 is 11.9 Å². The Morgan fingerprint density at radius 2 is 0.823 bits per heavy atom. The third-order valence-electron chi connectivity index (χ3n) is 12.7. The van der Waals surface area contributed by atoms with Gasteiger partial charge < -0.3 is 87.1 Å². The van der Waals surface area contributed by atoms with Gasteiger partial charge in [0.25, 0.3) is 0 Å². The van der Waals surface area contributed by atoms with Gasteiger partial charge in [0.2, 0.25) is 23.6 Å². The number of guanidine groups is 3. The molecule has 0 saturated carbocycles. The van der Waals surface area contributed by atoms with Gasteiger partial charge in [0.1, 0.15) is 6.04 Å². The smallest absolute Gasteiger partial charge is 0.305 e. The number of carboxylic acid groups (broad SMARTS) is 2. The zero-order chi connectivity index (χ0) is 60.2. The number of hydrogen-bond acceptors (Lipinski definition) is 18. The molecule has 0 heterocycles. The average molecular weight is 1130 g/mol. The third kappa shape index (κ3) is 31.1. The summed E-state index contributed by atoms with van der Waals surface area (Å²) >= 11 is 0. The van der Waals surface area contributed by atoms with Gasteiger partial charge in [0, 0.05) is 81.8 Å². The quantitative estimate of drug-likeness (QED) is 0.0155. The molecule has 448 valence electrons. The van der Waals surface area contributed by atoms with E-state index in [1.807, 2.05) is 0 Å². The van der Waals surface area contributed by atoms with Crippen molar-refractivity contribution in [2.45, 2.75) is 153 Å². The van der Waals surface area contributed by atoms with Gasteiger partial charge in [-0.05, 0) is 71.4 Å². The van der Waals surface area contributed by atoms with Crippen LogP contribution >= 0.6 is 0 Å². The van der Waals surface area contributed by atoms with Gasteiger partial charge in [0.15, 0.2) is 46.8 Å². The number of rotatable bonds is 46. The van der Waals surface area contributed by atoms with Crippen molar-refractivity contribution in [2.24, 2.45) is 78.8 Å². The Kier molecular flexibility index (Phi) is 36.4. The van der Waals surface area contributed by atoms with Crippen LogP contribution in [0.25, 0.3) is 0 Å². The van der Waals surface area contributed by atoms with Gasteiger partial charge in [-0.25, -0.2) is 0 Å². The lowest BCUT2D eigenvalue weighted by molar-refractivity contribution is -0.141. The fraction of sp³-hybridized carbons (Fsp3) is 0.714. The Balaban J connectivity index is 6.97. The molecule has 0 radical (unpaired) electrons. The number of nitrogens with two attached hydrogens (primary N) is 7. The largest absolute Gasteiger partial charge is 0.481 e. The zero-order valence-corrected chi connectivity index (χ0v) is 45.6. The van der Waals surface area contributed by atoms with Crippen LogP contribution in [-0.4, -0.2) is 179 Å². The van der Waals surface area contributed by atoms with E-state index in [4.69, 9.17) is 40.1 Å². The molecule has 30 nitrogen and oxygen atoms in total. The van der Waals surface area contributed by atoms with E-state index in [0.717, 1.165) is 0 Å². The molecule has 79 heavy (non-hydrogen) atoms. The maximum Gasteiger partial charge on any atom is 0.305 e. The minimum absolute atomic E-state index is 0.00250. The lowest BCUT2D eigenvalue weighted by atomic mass is 9.88. The standard InChI is InChI=1S/C49H87N15O15/c1-4-36(67)33(24-42(74)75)63-43(76)27(2)20-37(68)35(26-66)64-46(79)29(11-7-17-58-47(51)52)22-38(69)31(13-9-19-60-49(55)56)61-44(77)28(10-5-6-16-50)21-39(70)32(14-15-41(72)73)62-45(78)30(12-8-18-59-48(53)54)23-40(71)34(25-65)57-3/h27-35,57,65-66H,4-26,50H2,1-3H3,(H,61,77)(H,62,78)(H,63,76)(H,64,79)(H,72,73)(H,74,75)(H4,51,52,58)(H4,53,54,59)(H4,55,56,60)/t27-,28-,29-,30-,31+,32+,33+,34+,35+/m1/s1. The van der Waals surface area contributed by atoms with Crippen molar-refractivity contribution < 1.29 is 73.2 Å². The number of amides is 4. The first kappa shape index (κ1) is 71.8. The van der Waals surface area contributed by atoms with E-state index in [2.05, 4.69) is 41.6 Å². The fourth-order valence-electron chi connectivity index (χ4n) is 8.13. The summed E-state index contributed by atoms with van der Waals surface area (Å²) in [6, 6.07) is -6.81. The SMILES string of the molecule is CCC(=O)[C@H](CC(=O)O)NC(=O)[C@H](C)CC(=O)[C@H](CO)NC(=O)[C@H](CCCN=C(N)N)CC(=O)[C@H](CCCN=C(N)N)NC(=O)[C@H](CCCCN)CC(=O)[C@H](CCC(=O)O)NC(=O)[C@H](CCCN=C(N)N)CC(=O)[C@H](CO)NC. The number of aliphatic hydroxyl groups is 2. The zero-order valence-electron chi connectivity index (χ0n) is 45.6. The summed E-state index contributed by atoms with van der Waals surface area (Å²) < 4.78 is 0. The first-order valence-corrected chi connectivity index (χ1v) is 26.3. The Hall–Kier alpha value is -7.18. The van der Waals surface area contributed by atoms with Crippen LogP contribution in [0.3, 0.4) is 0 Å². The second kappa shape index (κ2) is 40.1. The normalized spacial score (nSPS) is 14.4. The number of likely N-dealkylation sites (N-methyl/N-ethyl adjacent to an activating group) is 1. The molecule has 4 amide bonds. The van der Waals surface area contributed by atoms with E-state index in [1.165, 1.54) is 20.9 Å². The predicted molar refractivity (Wildman–Crippen MR) is 290 cm³/mol. The topological polar surface area (TPSA) is 548 Å². The minimum Gasteiger partial charge on any atom is -0.481 e. The predicted octanol–water partition coefficient (Wildman–Crippen LogP) is -4.57. The molecule has 0 aliphatic rings. The summed E-state index contributed by atoms with van der Waals surface area (Å²) in [6.45, 7) is 1.58. The molecule has 23 N–H and O–H groups in total. The van der Waals surface area contributed by atoms with E-state index in [0.29, 0.717) is 12.8 Å². The van der Waals surface area contributed by atoms with Crippen molar-refractivity contribution in [3.63, 3.8) is 0 Å². The number of ketones is 5. The van der Waals surface area contributed by atoms with Crippen molar-refractivity contribution in [2.75, 3.05) is 46.4 Å². The summed E-state index contributed by atoms with van der Waals surface area (Å²) in [6.07, 6.45) is -2.82. The molecule has 0 aliphatic heterocycles. The molecule has 0 bridgehead atoms. The number of hydrogen-bond donors (Lipinski definition) is 16. The van der Waals surface area contributed by atoms with Crippen LogP contribution in [0, 0.1) is 23.7 Å². The van der Waals surface area contributed by atoms with E-state index in [-0.39, 0.29) is 102 Å². The van der Waals surface area contributed by atoms with Gasteiger partial charge in [-0.3, -0.25) is 67.7 Å². The van der Waals surface area contributed by atoms with Crippen molar-refractivity contribution in [3.05, 3.63) is 0 Å². The van der Waals surface area contributed by atoms with Crippen molar-refractivity contribution >= 4 is 82.4 Å². The molecule has 0 saturated heterocycles. The highest BCUT2D eigenvalue weighted by Crippen LogP contribution is 2.22. The maximum absolute atomic E-state index is 14.4. The first-order chi connectivity index (χ1) is 37.2. The van der Waals surface area contributed by atoms with Crippen molar-refractivity contribution in [1.29, 1.82) is 0 Å². The molecule has 0 aromatic rings. The number of carboxylic acids is 2. The molecule has 30 heteroatoms. The second-order valence-corrected chi connectivity index (χ2v) is 19.1. The van der Waals surface area contributed by atoms with Gasteiger partial charge in [0.05, 0.1) is 43.8 Å². The number of nitrogens with one attached hydrogen (secondary N) is 5. The molecule has 0 fully saturated rings. The van der Waals surface area contributed by atoms with Crippen LogP contribution in [0.15, 0.2) is 15.0 Å². The molecular weight excluding hydrogens is 1040 g/mol. The maximum atomic E-state index is 14.4. The van der Waals surface area contributed by atoms with Crippen LogP contribution in [0.5, 0.6) is 0 Å². The molecule has 0 spiro atoms. The highest BCUT2D eigenvalue weighted by Gasteiger charge is 2.35. The fourth-order valence-corrected chi connectivity index (χ4v) is 8.13. The Bertz CT molecular complexity index is 2110. The van der Waals surface area contributed by atoms with Crippen molar-refractivity contribution in [3.8, 4) is 0 Å². The van der Waals surface area contributed by atoms with Crippen LogP contribution in [0.1, 0.15) is 123 Å². The number of nitrogens with zero attached hydrogens (tertiary/aromatic N) is 3. The lowest BCUT2D eigenvalue weighted by Gasteiger charge is -2.26. The summed E-state index contributed by atoms with van der Waals surface area (Å²) in [7, 11) is 1.44. The van der Waals surface area contributed by atoms with Crippen LogP contribution in [0.2, 0.25) is 0 Å². The molecule has 0 unspecified atom stereocenters. The van der Waals surface area contributed by atoms with E-state index in [9.17, 15) is 73.2 Å². The van der Waals surface area contributed by atoms with Crippen molar-refractivity contribution in [1.82, 2.24) is 26.6 Å². The highest BCUT2D eigenvalue weighted by atomic mass is 16.4. The molecule has 9 atom stereocenters. The Morgan fingerprint density at radius 3 is 1.20 bits per heavy atom. The second-order valence-electron chi connectivity index (χ2n) is 19.1. The number of aliphatic carboxylic acids is 2. The summed E-state index contributed by atoms with van der Waals surface area (Å²) in [5, 5.41) is 51.5. The average Bonchev–Trinajstić information content (AvgIpc) is 3.38. The summed E-state index contributed by atoms with van der Waals surface area (Å²) in [4.78, 5) is 158. The highest BCUT2D eigenvalue weighted by molar-refractivity contribution is 5.98. The van der Waals surface area contributed by atoms with Gasteiger partial charge in [-0.15, -0.1) is 0 Å².